The molecule has 0 aromatic heterocycles. The number of carboxylic acid groups (broad SMARTS) is 1. The molecule has 0 aliphatic heterocycles. The van der Waals surface area contributed by atoms with Crippen LogP contribution in [0.3, 0.4) is 0 Å². The third-order valence-electron chi connectivity index (χ3n) is 1.30. The highest BCUT2D eigenvalue weighted by atomic mass is 16.5. The van der Waals surface area contributed by atoms with Crippen LogP contribution in [0.2, 0.25) is 0 Å². The maximum absolute atomic E-state index is 10.2. The molecule has 1 unspecified atom stereocenters. The minimum absolute atomic E-state index is 0.0242. The van der Waals surface area contributed by atoms with Crippen molar-refractivity contribution in [3.05, 3.63) is 0 Å². The molecule has 0 radical (unpaired) electrons. The Balaban J connectivity index is 3.95. The van der Waals surface area contributed by atoms with Crippen molar-refractivity contribution >= 4 is 5.97 Å². The molecular formula is C7H15NO4. The highest BCUT2D eigenvalue weighted by Gasteiger charge is 2.20. The Morgan fingerprint density at radius 3 is 2.17 bits per heavy atom. The molecule has 12 heavy (non-hydrogen) atoms. The molecule has 0 saturated heterocycles. The number of aliphatic carboxylic acids is 1. The third kappa shape index (κ3) is 5.06. The van der Waals surface area contributed by atoms with E-state index in [2.05, 4.69) is 5.32 Å². The molecule has 0 aromatic rings. The van der Waals surface area contributed by atoms with E-state index in [4.69, 9.17) is 15.3 Å². The fraction of sp³-hybridized carbons (Fsp3) is 0.857. The Morgan fingerprint density at radius 2 is 1.92 bits per heavy atom. The first-order valence-electron chi connectivity index (χ1n) is 3.77. The molecule has 0 fully saturated rings. The van der Waals surface area contributed by atoms with Gasteiger partial charge in [-0.25, -0.2) is 0 Å². The summed E-state index contributed by atoms with van der Waals surface area (Å²) in [7, 11) is 0. The van der Waals surface area contributed by atoms with Gasteiger partial charge in [-0.05, 0) is 0 Å². The minimum atomic E-state index is -1.64. The van der Waals surface area contributed by atoms with E-state index in [1.165, 1.54) is 0 Å². The molecular weight excluding hydrogens is 162 g/mol. The Morgan fingerprint density at radius 1 is 1.42 bits per heavy atom. The average molecular weight is 177 g/mol. The number of hydrogen-bond donors (Lipinski definition) is 4. The highest BCUT2D eigenvalue weighted by Crippen LogP contribution is 1.98. The second-order valence-electron chi connectivity index (χ2n) is 2.94. The standard InChI is InChI=1S/C7H15NO4/c1-4(2)8-5(7(11)12)3-6(9)10/h4-5,7-8,11-12H,3H2,1-2H3,(H,9,10). The lowest BCUT2D eigenvalue weighted by molar-refractivity contribution is -0.141. The molecule has 0 bridgehead atoms. The summed E-state index contributed by atoms with van der Waals surface area (Å²) in [5, 5.41) is 28.6. The summed E-state index contributed by atoms with van der Waals surface area (Å²) in [6, 6.07) is -0.779. The number of aliphatic hydroxyl groups is 2. The lowest BCUT2D eigenvalue weighted by atomic mass is 10.2. The van der Waals surface area contributed by atoms with E-state index in [1.54, 1.807) is 13.8 Å². The zero-order chi connectivity index (χ0) is 9.72. The molecule has 0 spiro atoms. The van der Waals surface area contributed by atoms with E-state index in [0.29, 0.717) is 0 Å². The van der Waals surface area contributed by atoms with Gasteiger partial charge in [0, 0.05) is 6.04 Å². The average Bonchev–Trinajstić information content (AvgIpc) is 1.83. The number of carboxylic acids is 1. The summed E-state index contributed by atoms with van der Waals surface area (Å²) in [5.41, 5.74) is 0. The molecule has 4 N–H and O–H groups in total. The lowest BCUT2D eigenvalue weighted by Crippen LogP contribution is -2.44. The molecule has 0 saturated carbocycles. The van der Waals surface area contributed by atoms with Crippen molar-refractivity contribution < 1.29 is 20.1 Å². The number of hydrogen-bond acceptors (Lipinski definition) is 4. The van der Waals surface area contributed by atoms with Crippen LogP contribution in [-0.4, -0.2) is 39.7 Å². The van der Waals surface area contributed by atoms with Crippen molar-refractivity contribution in [2.75, 3.05) is 0 Å². The number of rotatable bonds is 5. The van der Waals surface area contributed by atoms with Crippen LogP contribution in [0.15, 0.2) is 0 Å². The number of nitrogens with one attached hydrogen (secondary N) is 1. The Bertz CT molecular complexity index is 146. The van der Waals surface area contributed by atoms with E-state index in [9.17, 15) is 4.79 Å². The summed E-state index contributed by atoms with van der Waals surface area (Å²) in [4.78, 5) is 10.2. The molecule has 0 aliphatic carbocycles. The third-order valence-corrected chi connectivity index (χ3v) is 1.30. The van der Waals surface area contributed by atoms with Gasteiger partial charge in [-0.1, -0.05) is 13.8 Å². The van der Waals surface area contributed by atoms with Gasteiger partial charge in [0.2, 0.25) is 0 Å². The maximum Gasteiger partial charge on any atom is 0.305 e. The molecule has 1 atom stereocenters. The lowest BCUT2D eigenvalue weighted by Gasteiger charge is -2.20. The first-order valence-corrected chi connectivity index (χ1v) is 3.77. The van der Waals surface area contributed by atoms with Crippen molar-refractivity contribution in [1.82, 2.24) is 5.32 Å². The predicted molar refractivity (Wildman–Crippen MR) is 42.5 cm³/mol. The summed E-state index contributed by atoms with van der Waals surface area (Å²) in [5.74, 6) is -1.05. The first kappa shape index (κ1) is 11.4. The van der Waals surface area contributed by atoms with Gasteiger partial charge in [0.05, 0.1) is 12.5 Å². The zero-order valence-corrected chi connectivity index (χ0v) is 7.19. The second-order valence-corrected chi connectivity index (χ2v) is 2.94. The van der Waals surface area contributed by atoms with Gasteiger partial charge in [-0.3, -0.25) is 4.79 Å². The van der Waals surface area contributed by atoms with Crippen molar-refractivity contribution in [1.29, 1.82) is 0 Å². The first-order chi connectivity index (χ1) is 5.43. The fourth-order valence-corrected chi connectivity index (χ4v) is 0.867. The number of aliphatic hydroxyl groups excluding tert-OH is 1. The van der Waals surface area contributed by atoms with Crippen LogP contribution in [0, 0.1) is 0 Å². The summed E-state index contributed by atoms with van der Waals surface area (Å²) >= 11 is 0. The normalized spacial score (nSPS) is 13.8. The minimum Gasteiger partial charge on any atom is -0.481 e. The van der Waals surface area contributed by atoms with Crippen molar-refractivity contribution in [3.63, 3.8) is 0 Å². The quantitative estimate of drug-likeness (QED) is 0.410. The van der Waals surface area contributed by atoms with Gasteiger partial charge in [-0.2, -0.15) is 0 Å². The van der Waals surface area contributed by atoms with E-state index < -0.39 is 18.3 Å². The van der Waals surface area contributed by atoms with Crippen molar-refractivity contribution in [3.8, 4) is 0 Å². The van der Waals surface area contributed by atoms with Crippen molar-refractivity contribution in [2.45, 2.75) is 38.6 Å². The van der Waals surface area contributed by atoms with Gasteiger partial charge in [0.25, 0.3) is 0 Å². The summed E-state index contributed by atoms with van der Waals surface area (Å²) < 4.78 is 0. The van der Waals surface area contributed by atoms with Crippen molar-refractivity contribution in [2.24, 2.45) is 0 Å². The fourth-order valence-electron chi connectivity index (χ4n) is 0.867. The monoisotopic (exact) mass is 177 g/mol. The molecule has 5 heteroatoms. The Hall–Kier alpha value is -0.650. The van der Waals surface area contributed by atoms with Gasteiger partial charge >= 0.3 is 5.97 Å². The molecule has 5 nitrogen and oxygen atoms in total. The van der Waals surface area contributed by atoms with Crippen LogP contribution in [0.25, 0.3) is 0 Å². The molecule has 0 heterocycles. The predicted octanol–water partition coefficient (Wildman–Crippen LogP) is -0.862. The van der Waals surface area contributed by atoms with Crippen LogP contribution < -0.4 is 5.32 Å². The van der Waals surface area contributed by atoms with Crippen LogP contribution in [0.1, 0.15) is 20.3 Å². The van der Waals surface area contributed by atoms with Gasteiger partial charge < -0.3 is 20.6 Å². The summed E-state index contributed by atoms with van der Waals surface area (Å²) in [6.07, 6.45) is -1.93. The van der Waals surface area contributed by atoms with Gasteiger partial charge in [-0.15, -0.1) is 0 Å². The molecule has 0 aliphatic rings. The largest absolute Gasteiger partial charge is 0.481 e. The Kier molecular flexibility index (Phi) is 4.80. The molecule has 0 amide bonds. The van der Waals surface area contributed by atoms with E-state index in [0.717, 1.165) is 0 Å². The second kappa shape index (κ2) is 5.08. The summed E-state index contributed by atoms with van der Waals surface area (Å²) in [6.45, 7) is 3.61. The van der Waals surface area contributed by atoms with Crippen LogP contribution in [0.5, 0.6) is 0 Å². The molecule has 0 rings (SSSR count). The van der Waals surface area contributed by atoms with Gasteiger partial charge in [0.15, 0.2) is 6.29 Å². The van der Waals surface area contributed by atoms with E-state index >= 15 is 0 Å². The van der Waals surface area contributed by atoms with Crippen LogP contribution in [0.4, 0.5) is 0 Å². The van der Waals surface area contributed by atoms with E-state index in [1.807, 2.05) is 0 Å². The highest BCUT2D eigenvalue weighted by molar-refractivity contribution is 5.67. The van der Waals surface area contributed by atoms with Crippen LogP contribution >= 0.6 is 0 Å². The van der Waals surface area contributed by atoms with E-state index in [-0.39, 0.29) is 12.5 Å². The van der Waals surface area contributed by atoms with Crippen LogP contribution in [-0.2, 0) is 4.79 Å². The maximum atomic E-state index is 10.2. The SMILES string of the molecule is CC(C)NC(CC(=O)O)C(O)O. The smallest absolute Gasteiger partial charge is 0.305 e. The zero-order valence-electron chi connectivity index (χ0n) is 7.19. The van der Waals surface area contributed by atoms with Gasteiger partial charge in [0.1, 0.15) is 0 Å². The number of carbonyl (C=O) groups is 1. The Labute approximate surface area is 71.0 Å². The molecule has 72 valence electrons. The topological polar surface area (TPSA) is 89.8 Å². The molecule has 0 aromatic carbocycles.